The van der Waals surface area contributed by atoms with Crippen molar-refractivity contribution in [1.29, 1.82) is 0 Å². The van der Waals surface area contributed by atoms with Gasteiger partial charge in [-0.05, 0) is 39.0 Å². The molecular weight excluding hydrogens is 186 g/mol. The Balaban J connectivity index is 1.95. The lowest BCUT2D eigenvalue weighted by atomic mass is 9.84. The van der Waals surface area contributed by atoms with Gasteiger partial charge in [-0.25, -0.2) is 0 Å². The number of ketones is 1. The number of Topliss-reactive ketones (excluding diaryl/α,β-unsaturated/α-hetero) is 1. The highest BCUT2D eigenvalue weighted by atomic mass is 16.1. The van der Waals surface area contributed by atoms with Crippen molar-refractivity contribution in [1.82, 2.24) is 5.32 Å². The Hall–Kier alpha value is -0.370. The quantitative estimate of drug-likeness (QED) is 0.771. The summed E-state index contributed by atoms with van der Waals surface area (Å²) in [6.07, 6.45) is 7.06. The largest absolute Gasteiger partial charge is 0.311 e. The van der Waals surface area contributed by atoms with Gasteiger partial charge in [0.15, 0.2) is 0 Å². The third kappa shape index (κ3) is 2.60. The van der Waals surface area contributed by atoms with E-state index in [9.17, 15) is 4.79 Å². The topological polar surface area (TPSA) is 29.1 Å². The van der Waals surface area contributed by atoms with E-state index >= 15 is 0 Å². The molecule has 2 rings (SSSR count). The summed E-state index contributed by atoms with van der Waals surface area (Å²) in [6, 6.07) is 1.07. The molecule has 2 heteroatoms. The van der Waals surface area contributed by atoms with Crippen LogP contribution in [0.2, 0.25) is 0 Å². The third-order valence-corrected chi connectivity index (χ3v) is 3.92. The Morgan fingerprint density at radius 1 is 1.33 bits per heavy atom. The van der Waals surface area contributed by atoms with Crippen LogP contribution in [0.5, 0.6) is 0 Å². The summed E-state index contributed by atoms with van der Waals surface area (Å²) in [5.41, 5.74) is 0. The van der Waals surface area contributed by atoms with Crippen LogP contribution in [0.15, 0.2) is 0 Å². The first kappa shape index (κ1) is 11.1. The molecule has 1 N–H and O–H groups in total. The van der Waals surface area contributed by atoms with Gasteiger partial charge < -0.3 is 5.32 Å². The van der Waals surface area contributed by atoms with Gasteiger partial charge >= 0.3 is 0 Å². The molecule has 0 aromatic carbocycles. The van der Waals surface area contributed by atoms with Crippen LogP contribution in [0.25, 0.3) is 0 Å². The summed E-state index contributed by atoms with van der Waals surface area (Å²) in [6.45, 7) is 4.40. The van der Waals surface area contributed by atoms with Crippen LogP contribution in [0.4, 0.5) is 0 Å². The monoisotopic (exact) mass is 209 g/mol. The van der Waals surface area contributed by atoms with Gasteiger partial charge in [-0.3, -0.25) is 4.79 Å². The molecule has 15 heavy (non-hydrogen) atoms. The number of carbonyl (C=O) groups is 1. The molecular formula is C13H23NO. The van der Waals surface area contributed by atoms with Crippen molar-refractivity contribution in [2.75, 3.05) is 0 Å². The number of piperidine rings is 1. The van der Waals surface area contributed by atoms with Gasteiger partial charge in [0.25, 0.3) is 0 Å². The standard InChI is InChI=1S/C13H23NO/c1-3-11(13(15)10-7-8-10)12-6-4-5-9(2)14-12/h9-12,14H,3-8H2,1-2H3. The second kappa shape index (κ2) is 4.65. The highest BCUT2D eigenvalue weighted by Gasteiger charge is 2.38. The maximum absolute atomic E-state index is 12.1. The smallest absolute Gasteiger partial charge is 0.140 e. The minimum atomic E-state index is 0.292. The van der Waals surface area contributed by atoms with Crippen LogP contribution in [0, 0.1) is 11.8 Å². The molecule has 1 saturated carbocycles. The average molecular weight is 209 g/mol. The van der Waals surface area contributed by atoms with Crippen molar-refractivity contribution in [2.45, 2.75) is 64.5 Å². The highest BCUT2D eigenvalue weighted by molar-refractivity contribution is 5.86. The fourth-order valence-corrected chi connectivity index (χ4v) is 2.85. The van der Waals surface area contributed by atoms with Crippen LogP contribution < -0.4 is 5.32 Å². The van der Waals surface area contributed by atoms with Crippen molar-refractivity contribution in [2.24, 2.45) is 11.8 Å². The Morgan fingerprint density at radius 3 is 2.60 bits per heavy atom. The zero-order valence-electron chi connectivity index (χ0n) is 9.96. The second-order valence-electron chi connectivity index (χ2n) is 5.30. The average Bonchev–Trinajstić information content (AvgIpc) is 3.02. The van der Waals surface area contributed by atoms with Gasteiger partial charge in [-0.15, -0.1) is 0 Å². The van der Waals surface area contributed by atoms with E-state index in [0.29, 0.717) is 29.7 Å². The van der Waals surface area contributed by atoms with E-state index in [1.54, 1.807) is 0 Å². The first-order chi connectivity index (χ1) is 7.22. The maximum atomic E-state index is 12.1. The summed E-state index contributed by atoms with van der Waals surface area (Å²) < 4.78 is 0. The Kier molecular flexibility index (Phi) is 3.45. The van der Waals surface area contributed by atoms with Crippen LogP contribution in [-0.4, -0.2) is 17.9 Å². The minimum absolute atomic E-state index is 0.292. The number of carbonyl (C=O) groups excluding carboxylic acids is 1. The molecule has 3 atom stereocenters. The fraction of sp³-hybridized carbons (Fsp3) is 0.923. The molecule has 3 unspecified atom stereocenters. The van der Waals surface area contributed by atoms with E-state index in [1.807, 2.05) is 0 Å². The summed E-state index contributed by atoms with van der Waals surface area (Å²) >= 11 is 0. The molecule has 1 aliphatic heterocycles. The van der Waals surface area contributed by atoms with E-state index in [2.05, 4.69) is 19.2 Å². The van der Waals surface area contributed by atoms with E-state index in [1.165, 1.54) is 19.3 Å². The van der Waals surface area contributed by atoms with Gasteiger partial charge in [0.05, 0.1) is 0 Å². The van der Waals surface area contributed by atoms with Crippen LogP contribution in [-0.2, 0) is 4.79 Å². The first-order valence-electron chi connectivity index (χ1n) is 6.52. The fourth-order valence-electron chi connectivity index (χ4n) is 2.85. The molecule has 2 aliphatic rings. The van der Waals surface area contributed by atoms with E-state index in [4.69, 9.17) is 0 Å². The molecule has 1 heterocycles. The van der Waals surface area contributed by atoms with Crippen molar-refractivity contribution < 1.29 is 4.79 Å². The lowest BCUT2D eigenvalue weighted by Crippen LogP contribution is -2.47. The van der Waals surface area contributed by atoms with E-state index in [-0.39, 0.29) is 0 Å². The maximum Gasteiger partial charge on any atom is 0.140 e. The molecule has 1 saturated heterocycles. The summed E-state index contributed by atoms with van der Waals surface area (Å²) in [5, 5.41) is 3.61. The van der Waals surface area contributed by atoms with Crippen molar-refractivity contribution >= 4 is 5.78 Å². The van der Waals surface area contributed by atoms with Crippen molar-refractivity contribution in [3.05, 3.63) is 0 Å². The van der Waals surface area contributed by atoms with Gasteiger partial charge in [-0.2, -0.15) is 0 Å². The number of nitrogens with one attached hydrogen (secondary N) is 1. The van der Waals surface area contributed by atoms with Gasteiger partial charge in [0.1, 0.15) is 5.78 Å². The molecule has 86 valence electrons. The van der Waals surface area contributed by atoms with E-state index < -0.39 is 0 Å². The number of hydrogen-bond acceptors (Lipinski definition) is 2. The second-order valence-corrected chi connectivity index (χ2v) is 5.30. The van der Waals surface area contributed by atoms with Crippen LogP contribution in [0.1, 0.15) is 52.4 Å². The van der Waals surface area contributed by atoms with Gasteiger partial charge in [0, 0.05) is 23.9 Å². The highest BCUT2D eigenvalue weighted by Crippen LogP contribution is 2.35. The third-order valence-electron chi connectivity index (χ3n) is 3.92. The lowest BCUT2D eigenvalue weighted by Gasteiger charge is -2.33. The molecule has 0 bridgehead atoms. The van der Waals surface area contributed by atoms with Crippen molar-refractivity contribution in [3.63, 3.8) is 0 Å². The zero-order chi connectivity index (χ0) is 10.8. The van der Waals surface area contributed by atoms with Crippen molar-refractivity contribution in [3.8, 4) is 0 Å². The summed E-state index contributed by atoms with van der Waals surface area (Å²) in [4.78, 5) is 12.1. The molecule has 0 aromatic heterocycles. The van der Waals surface area contributed by atoms with Crippen LogP contribution in [0.3, 0.4) is 0 Å². The molecule has 0 radical (unpaired) electrons. The molecule has 2 nitrogen and oxygen atoms in total. The summed E-state index contributed by atoms with van der Waals surface area (Å²) in [7, 11) is 0. The lowest BCUT2D eigenvalue weighted by molar-refractivity contribution is -0.125. The predicted molar refractivity (Wildman–Crippen MR) is 61.7 cm³/mol. The molecule has 0 amide bonds. The predicted octanol–water partition coefficient (Wildman–Crippen LogP) is 2.52. The molecule has 0 spiro atoms. The Bertz CT molecular complexity index is 235. The zero-order valence-corrected chi connectivity index (χ0v) is 9.96. The molecule has 0 aromatic rings. The van der Waals surface area contributed by atoms with Gasteiger partial charge in [-0.1, -0.05) is 13.3 Å². The Labute approximate surface area is 92.8 Å². The first-order valence-corrected chi connectivity index (χ1v) is 6.52. The normalized spacial score (nSPS) is 33.7. The number of hydrogen-bond donors (Lipinski definition) is 1. The van der Waals surface area contributed by atoms with E-state index in [0.717, 1.165) is 19.3 Å². The Morgan fingerprint density at radius 2 is 2.07 bits per heavy atom. The summed E-state index contributed by atoms with van der Waals surface area (Å²) in [5.74, 6) is 1.26. The molecule has 2 fully saturated rings. The minimum Gasteiger partial charge on any atom is -0.311 e. The van der Waals surface area contributed by atoms with Gasteiger partial charge in [0.2, 0.25) is 0 Å². The SMILES string of the molecule is CCC(C(=O)C1CC1)C1CCCC(C)N1. The number of rotatable bonds is 4. The molecule has 1 aliphatic carbocycles. The van der Waals surface area contributed by atoms with Crippen LogP contribution >= 0.6 is 0 Å².